The molecule has 156 valence electrons. The Labute approximate surface area is 176 Å². The van der Waals surface area contributed by atoms with Gasteiger partial charge in [-0.25, -0.2) is 14.5 Å². The number of carbonyl (C=O) groups is 2. The lowest BCUT2D eigenvalue weighted by molar-refractivity contribution is -0.389. The number of carbonyl (C=O) groups excluding carboxylic acids is 2. The van der Waals surface area contributed by atoms with Gasteiger partial charge in [0.25, 0.3) is 0 Å². The molecule has 10 heteroatoms. The van der Waals surface area contributed by atoms with E-state index in [4.69, 9.17) is 4.74 Å². The molecule has 4 rings (SSSR count). The van der Waals surface area contributed by atoms with E-state index in [9.17, 15) is 19.7 Å². The van der Waals surface area contributed by atoms with Crippen LogP contribution in [0.4, 0.5) is 26.8 Å². The predicted molar refractivity (Wildman–Crippen MR) is 112 cm³/mol. The van der Waals surface area contributed by atoms with Crippen molar-refractivity contribution in [3.8, 4) is 11.5 Å². The zero-order valence-corrected chi connectivity index (χ0v) is 16.2. The summed E-state index contributed by atoms with van der Waals surface area (Å²) in [6.45, 7) is 0.677. The van der Waals surface area contributed by atoms with Gasteiger partial charge in [-0.3, -0.25) is 4.90 Å². The van der Waals surface area contributed by atoms with E-state index in [-0.39, 0.29) is 12.4 Å². The van der Waals surface area contributed by atoms with Crippen molar-refractivity contribution in [1.29, 1.82) is 0 Å². The first-order valence-corrected chi connectivity index (χ1v) is 9.35. The maximum Gasteiger partial charge on any atom is 0.363 e. The highest BCUT2D eigenvalue weighted by Crippen LogP contribution is 2.25. The summed E-state index contributed by atoms with van der Waals surface area (Å²) < 4.78 is 5.63. The first-order chi connectivity index (χ1) is 15.0. The summed E-state index contributed by atoms with van der Waals surface area (Å²) in [6, 6.07) is 17.4. The van der Waals surface area contributed by atoms with E-state index in [1.165, 1.54) is 18.3 Å². The molecule has 0 atom stereocenters. The van der Waals surface area contributed by atoms with Crippen LogP contribution in [-0.4, -0.2) is 40.0 Å². The van der Waals surface area contributed by atoms with Crippen molar-refractivity contribution in [3.05, 3.63) is 83.0 Å². The van der Waals surface area contributed by atoms with Gasteiger partial charge in [0.1, 0.15) is 5.75 Å². The molecule has 1 aliphatic heterocycles. The fourth-order valence-electron chi connectivity index (χ4n) is 3.08. The fourth-order valence-corrected chi connectivity index (χ4v) is 3.08. The Bertz CT molecular complexity index is 1120. The second kappa shape index (κ2) is 8.49. The molecule has 1 aromatic heterocycles. The van der Waals surface area contributed by atoms with Crippen LogP contribution in [0.1, 0.15) is 0 Å². The van der Waals surface area contributed by atoms with Crippen LogP contribution in [0.2, 0.25) is 0 Å². The molecule has 4 amide bonds. The van der Waals surface area contributed by atoms with Gasteiger partial charge in [-0.05, 0) is 40.2 Å². The summed E-state index contributed by atoms with van der Waals surface area (Å²) in [5, 5.41) is 13.4. The van der Waals surface area contributed by atoms with Gasteiger partial charge < -0.3 is 20.2 Å². The summed E-state index contributed by atoms with van der Waals surface area (Å²) in [4.78, 5) is 41.7. The van der Waals surface area contributed by atoms with Crippen molar-refractivity contribution in [2.75, 3.05) is 23.3 Å². The van der Waals surface area contributed by atoms with Gasteiger partial charge in [-0.15, -0.1) is 0 Å². The summed E-state index contributed by atoms with van der Waals surface area (Å²) in [5.74, 6) is 0.419. The summed E-state index contributed by atoms with van der Waals surface area (Å²) in [6.07, 6.45) is 1.24. The molecule has 3 aromatic rings. The number of hydrogen-bond acceptors (Lipinski definition) is 6. The second-order valence-corrected chi connectivity index (χ2v) is 6.59. The SMILES string of the molecule is O=C(Nc1cccc(Oc2ccc([N+](=O)[O-])nc2)c1)N1CCN(c2ccccc2)C1=O. The number of benzene rings is 2. The third-order valence-electron chi connectivity index (χ3n) is 4.55. The monoisotopic (exact) mass is 419 g/mol. The molecule has 2 heterocycles. The van der Waals surface area contributed by atoms with Crippen molar-refractivity contribution < 1.29 is 19.2 Å². The van der Waals surface area contributed by atoms with E-state index in [0.29, 0.717) is 23.7 Å². The average molecular weight is 419 g/mol. The van der Waals surface area contributed by atoms with E-state index in [1.54, 1.807) is 29.2 Å². The van der Waals surface area contributed by atoms with Crippen LogP contribution in [0.5, 0.6) is 11.5 Å². The highest BCUT2D eigenvalue weighted by molar-refractivity contribution is 6.08. The number of anilines is 2. The number of imide groups is 1. The standard InChI is InChI=1S/C21H17N5O5/c27-20(25-12-11-24(21(25)28)16-6-2-1-3-7-16)23-15-5-4-8-17(13-15)31-18-9-10-19(22-14-18)26(29)30/h1-10,13-14H,11-12H2,(H,23,27). The Morgan fingerprint density at radius 2 is 1.84 bits per heavy atom. The van der Waals surface area contributed by atoms with Crippen LogP contribution in [0.25, 0.3) is 0 Å². The van der Waals surface area contributed by atoms with Gasteiger partial charge >= 0.3 is 17.9 Å². The number of nitro groups is 1. The molecule has 1 aliphatic rings. The largest absolute Gasteiger partial charge is 0.453 e. The first kappa shape index (κ1) is 19.8. The van der Waals surface area contributed by atoms with Gasteiger partial charge in [0.05, 0.1) is 6.54 Å². The van der Waals surface area contributed by atoms with Crippen molar-refractivity contribution in [2.24, 2.45) is 0 Å². The number of hydrogen-bond donors (Lipinski definition) is 1. The third kappa shape index (κ3) is 4.42. The lowest BCUT2D eigenvalue weighted by Crippen LogP contribution is -2.39. The van der Waals surface area contributed by atoms with Crippen LogP contribution in [0, 0.1) is 10.1 Å². The molecule has 0 saturated carbocycles. The van der Waals surface area contributed by atoms with Crippen LogP contribution >= 0.6 is 0 Å². The zero-order chi connectivity index (χ0) is 21.8. The normalized spacial score (nSPS) is 13.2. The predicted octanol–water partition coefficient (Wildman–Crippen LogP) is 4.26. The number of pyridine rings is 1. The molecule has 1 N–H and O–H groups in total. The Morgan fingerprint density at radius 3 is 2.55 bits per heavy atom. The first-order valence-electron chi connectivity index (χ1n) is 9.35. The minimum Gasteiger partial charge on any atom is -0.453 e. The van der Waals surface area contributed by atoms with E-state index in [0.717, 1.165) is 10.6 Å². The van der Waals surface area contributed by atoms with E-state index < -0.39 is 17.0 Å². The third-order valence-corrected chi connectivity index (χ3v) is 4.55. The Kier molecular flexibility index (Phi) is 5.43. The van der Waals surface area contributed by atoms with Gasteiger partial charge in [-0.1, -0.05) is 24.3 Å². The number of nitrogens with zero attached hydrogens (tertiary/aromatic N) is 4. The smallest absolute Gasteiger partial charge is 0.363 e. The van der Waals surface area contributed by atoms with Crippen LogP contribution < -0.4 is 15.0 Å². The zero-order valence-electron chi connectivity index (χ0n) is 16.2. The van der Waals surface area contributed by atoms with Crippen molar-refractivity contribution in [2.45, 2.75) is 0 Å². The van der Waals surface area contributed by atoms with E-state index in [1.807, 2.05) is 30.3 Å². The quantitative estimate of drug-likeness (QED) is 0.488. The molecule has 0 aliphatic carbocycles. The van der Waals surface area contributed by atoms with Crippen LogP contribution in [-0.2, 0) is 0 Å². The molecule has 1 fully saturated rings. The number of aromatic nitrogens is 1. The van der Waals surface area contributed by atoms with Gasteiger partial charge in [0, 0.05) is 30.1 Å². The lowest BCUT2D eigenvalue weighted by atomic mass is 10.3. The average Bonchev–Trinajstić information content (AvgIpc) is 3.16. The Hall–Kier alpha value is -4.47. The van der Waals surface area contributed by atoms with Gasteiger partial charge in [0.15, 0.2) is 11.9 Å². The molecule has 0 radical (unpaired) electrons. The minimum atomic E-state index is -0.599. The number of para-hydroxylation sites is 1. The van der Waals surface area contributed by atoms with Gasteiger partial charge in [-0.2, -0.15) is 0 Å². The number of urea groups is 2. The molecule has 0 unspecified atom stereocenters. The fraction of sp³-hybridized carbons (Fsp3) is 0.0952. The van der Waals surface area contributed by atoms with Crippen LogP contribution in [0.3, 0.4) is 0 Å². The molecular weight excluding hydrogens is 402 g/mol. The maximum absolute atomic E-state index is 12.6. The highest BCUT2D eigenvalue weighted by Gasteiger charge is 2.34. The number of rotatable bonds is 5. The molecule has 0 spiro atoms. The van der Waals surface area contributed by atoms with Gasteiger partial charge in [0.2, 0.25) is 0 Å². The Morgan fingerprint density at radius 1 is 1.03 bits per heavy atom. The number of ether oxygens (including phenoxy) is 1. The van der Waals surface area contributed by atoms with E-state index in [2.05, 4.69) is 10.3 Å². The summed E-state index contributed by atoms with van der Waals surface area (Å²) in [7, 11) is 0. The molecule has 1 saturated heterocycles. The molecule has 2 aromatic carbocycles. The lowest BCUT2D eigenvalue weighted by Gasteiger charge is -2.18. The second-order valence-electron chi connectivity index (χ2n) is 6.59. The maximum atomic E-state index is 12.6. The van der Waals surface area contributed by atoms with Crippen LogP contribution in [0.15, 0.2) is 72.9 Å². The van der Waals surface area contributed by atoms with Crippen molar-refractivity contribution in [1.82, 2.24) is 9.88 Å². The number of nitrogens with one attached hydrogen (secondary N) is 1. The molecule has 31 heavy (non-hydrogen) atoms. The summed E-state index contributed by atoms with van der Waals surface area (Å²) in [5.41, 5.74) is 1.17. The summed E-state index contributed by atoms with van der Waals surface area (Å²) >= 11 is 0. The Balaban J connectivity index is 1.41. The number of amides is 4. The minimum absolute atomic E-state index is 0.268. The molecule has 10 nitrogen and oxygen atoms in total. The molecular formula is C21H17N5O5. The van der Waals surface area contributed by atoms with E-state index >= 15 is 0 Å². The topological polar surface area (TPSA) is 118 Å². The molecule has 0 bridgehead atoms. The van der Waals surface area contributed by atoms with Crippen molar-refractivity contribution in [3.63, 3.8) is 0 Å². The van der Waals surface area contributed by atoms with Crippen molar-refractivity contribution >= 4 is 29.3 Å². The highest BCUT2D eigenvalue weighted by atomic mass is 16.6.